The van der Waals surface area contributed by atoms with Crippen LogP contribution in [0, 0.1) is 0 Å². The number of hydrogen-bond donors (Lipinski definition) is 1. The lowest BCUT2D eigenvalue weighted by Gasteiger charge is -2.46. The summed E-state index contributed by atoms with van der Waals surface area (Å²) in [6, 6.07) is 57.8. The lowest BCUT2D eigenvalue weighted by Crippen LogP contribution is -2.40. The summed E-state index contributed by atoms with van der Waals surface area (Å²) in [5.74, 6) is 0. The summed E-state index contributed by atoms with van der Waals surface area (Å²) in [5, 5.41) is 8.52. The molecule has 1 nitrogen and oxygen atoms in total. The molecule has 0 aliphatic heterocycles. The third-order valence-electron chi connectivity index (χ3n) is 10.8. The summed E-state index contributed by atoms with van der Waals surface area (Å²) in [5.41, 5.74) is 12.6. The van der Waals surface area contributed by atoms with Crippen molar-refractivity contribution in [2.24, 2.45) is 0 Å². The largest absolute Gasteiger partial charge is 0.361 e. The molecule has 0 aromatic heterocycles. The van der Waals surface area contributed by atoms with E-state index in [0.717, 1.165) is 16.1 Å². The van der Waals surface area contributed by atoms with E-state index in [1.165, 1.54) is 60.8 Å². The number of fused-ring (bicyclic) bond motifs is 10. The maximum absolute atomic E-state index is 3.70. The second-order valence-electron chi connectivity index (χ2n) is 13.8. The third kappa shape index (κ3) is 4.54. The van der Waals surface area contributed by atoms with Crippen LogP contribution in [0.15, 0.2) is 164 Å². The molecule has 7 aromatic carbocycles. The number of hydrogen-bond acceptors (Lipinski definition) is 1. The Bertz CT molecular complexity index is 2520. The average Bonchev–Trinajstić information content (AvgIpc) is 3.44. The Morgan fingerprint density at radius 2 is 1.06 bits per heavy atom. The molecule has 0 saturated carbocycles. The smallest absolute Gasteiger partial charge is 0.0720 e. The van der Waals surface area contributed by atoms with Crippen molar-refractivity contribution in [3.8, 4) is 11.1 Å². The molecule has 2 aliphatic rings. The fourth-order valence-electron chi connectivity index (χ4n) is 8.48. The molecule has 1 heteroatoms. The molecule has 2 aliphatic carbocycles. The highest BCUT2D eigenvalue weighted by Gasteiger charge is 2.53. The van der Waals surface area contributed by atoms with Crippen LogP contribution in [0.5, 0.6) is 0 Å². The number of benzene rings is 7. The number of rotatable bonds is 4. The molecule has 0 bridgehead atoms. The maximum atomic E-state index is 3.70. The van der Waals surface area contributed by atoms with Crippen LogP contribution >= 0.6 is 0 Å². The van der Waals surface area contributed by atoms with Gasteiger partial charge in [0.25, 0.3) is 0 Å². The number of nitrogens with one attached hydrogen (secondary N) is 1. The van der Waals surface area contributed by atoms with Crippen LogP contribution in [0.25, 0.3) is 40.3 Å². The fourth-order valence-corrected chi connectivity index (χ4v) is 8.48. The van der Waals surface area contributed by atoms with Gasteiger partial charge in [0.05, 0.1) is 5.41 Å². The van der Waals surface area contributed by atoms with Crippen LogP contribution < -0.4 is 15.8 Å². The highest BCUT2D eigenvalue weighted by molar-refractivity contribution is 5.90. The molecule has 1 spiro atoms. The lowest BCUT2D eigenvalue weighted by atomic mass is 9.55. The van der Waals surface area contributed by atoms with Crippen molar-refractivity contribution in [3.05, 3.63) is 213 Å². The van der Waals surface area contributed by atoms with E-state index in [-0.39, 0.29) is 5.41 Å². The first kappa shape index (κ1) is 29.2. The molecule has 0 unspecified atom stereocenters. The minimum atomic E-state index is -0.397. The van der Waals surface area contributed by atoms with Crippen molar-refractivity contribution in [2.45, 2.75) is 24.7 Å². The van der Waals surface area contributed by atoms with E-state index in [2.05, 4.69) is 201 Å². The van der Waals surface area contributed by atoms with Crippen molar-refractivity contribution in [2.75, 3.05) is 5.32 Å². The zero-order valence-electron chi connectivity index (χ0n) is 27.8. The van der Waals surface area contributed by atoms with Crippen molar-refractivity contribution < 1.29 is 0 Å². The molecule has 0 saturated heterocycles. The van der Waals surface area contributed by atoms with Gasteiger partial charge in [-0.15, -0.1) is 0 Å². The van der Waals surface area contributed by atoms with Crippen molar-refractivity contribution in [1.82, 2.24) is 0 Å². The molecule has 0 heterocycles. The second kappa shape index (κ2) is 11.4. The zero-order chi connectivity index (χ0) is 33.0. The van der Waals surface area contributed by atoms with Crippen LogP contribution in [-0.4, -0.2) is 0 Å². The Hall–Kier alpha value is -5.92. The zero-order valence-corrected chi connectivity index (χ0v) is 27.8. The van der Waals surface area contributed by atoms with Crippen LogP contribution in [-0.2, 0) is 10.8 Å². The van der Waals surface area contributed by atoms with Gasteiger partial charge in [-0.3, -0.25) is 0 Å². The summed E-state index contributed by atoms with van der Waals surface area (Å²) in [6.07, 6.45) is 8.65. The monoisotopic (exact) mass is 627 g/mol. The SMILES string of the molecule is CC1(C)c2ccccc2C2(c3ccccc3-c3ccc(N\C=c4/cccc/c4=C/C=C\c4ccc5ccccc5c4)cc32)c2ccccc21. The van der Waals surface area contributed by atoms with Crippen molar-refractivity contribution in [1.29, 1.82) is 0 Å². The molecule has 0 atom stereocenters. The first-order valence-corrected chi connectivity index (χ1v) is 17.2. The Labute approximate surface area is 288 Å². The third-order valence-corrected chi connectivity index (χ3v) is 10.8. The van der Waals surface area contributed by atoms with E-state index >= 15 is 0 Å². The highest BCUT2D eigenvalue weighted by atomic mass is 14.8. The summed E-state index contributed by atoms with van der Waals surface area (Å²) >= 11 is 0. The van der Waals surface area contributed by atoms with Gasteiger partial charge in [0, 0.05) is 17.3 Å². The van der Waals surface area contributed by atoms with Gasteiger partial charge < -0.3 is 5.32 Å². The summed E-state index contributed by atoms with van der Waals surface area (Å²) in [6.45, 7) is 4.75. The van der Waals surface area contributed by atoms with Crippen LogP contribution in [0.3, 0.4) is 0 Å². The van der Waals surface area contributed by atoms with Crippen molar-refractivity contribution in [3.63, 3.8) is 0 Å². The first-order valence-electron chi connectivity index (χ1n) is 17.2. The molecule has 9 rings (SSSR count). The molecule has 0 fully saturated rings. The van der Waals surface area contributed by atoms with E-state index < -0.39 is 5.41 Å². The van der Waals surface area contributed by atoms with Gasteiger partial charge in [0.2, 0.25) is 0 Å². The van der Waals surface area contributed by atoms with E-state index in [1.807, 2.05) is 0 Å². The topological polar surface area (TPSA) is 12.0 Å². The molecule has 49 heavy (non-hydrogen) atoms. The van der Waals surface area contributed by atoms with Crippen LogP contribution in [0.1, 0.15) is 52.8 Å². The first-order chi connectivity index (χ1) is 24.0. The Balaban J connectivity index is 1.15. The van der Waals surface area contributed by atoms with Gasteiger partial charge in [0.15, 0.2) is 0 Å². The van der Waals surface area contributed by atoms with Gasteiger partial charge in [-0.2, -0.15) is 0 Å². The molecule has 234 valence electrons. The van der Waals surface area contributed by atoms with Gasteiger partial charge in [-0.25, -0.2) is 0 Å². The predicted molar refractivity (Wildman–Crippen MR) is 207 cm³/mol. The van der Waals surface area contributed by atoms with Gasteiger partial charge in [-0.05, 0) is 89.5 Å². The minimum absolute atomic E-state index is 0.108. The van der Waals surface area contributed by atoms with E-state index in [1.54, 1.807) is 0 Å². The molecule has 1 N–H and O–H groups in total. The van der Waals surface area contributed by atoms with Gasteiger partial charge in [0.1, 0.15) is 0 Å². The molecule has 7 aromatic rings. The fraction of sp³-hybridized carbons (Fsp3) is 0.0833. The molecular weight excluding hydrogens is 591 g/mol. The van der Waals surface area contributed by atoms with Crippen LogP contribution in [0.2, 0.25) is 0 Å². The summed E-state index contributed by atoms with van der Waals surface area (Å²) in [4.78, 5) is 0. The molecule has 0 amide bonds. The quantitative estimate of drug-likeness (QED) is 0.205. The number of allylic oxidation sites excluding steroid dienone is 1. The second-order valence-corrected chi connectivity index (χ2v) is 13.8. The van der Waals surface area contributed by atoms with E-state index in [9.17, 15) is 0 Å². The Morgan fingerprint density at radius 3 is 1.82 bits per heavy atom. The standard InChI is InChI=1S/C48H37N/c1-47(2)42-22-9-11-24-44(42)48(45-25-12-10-23-43(45)47)41-21-8-7-20-39(41)40-29-28-38(31-46(40)48)49-32-37-18-6-4-15-34(37)19-13-14-33-26-27-35-16-3-5-17-36(35)30-33/h3-32,49H,1-2H3/b14-13-,34-19-,37-32+. The summed E-state index contributed by atoms with van der Waals surface area (Å²) < 4.78 is 0. The maximum Gasteiger partial charge on any atom is 0.0720 e. The minimum Gasteiger partial charge on any atom is -0.361 e. The molecular formula is C48H37N. The number of anilines is 1. The van der Waals surface area contributed by atoms with Crippen LogP contribution in [0.4, 0.5) is 5.69 Å². The normalized spacial score (nSPS) is 15.6. The Kier molecular flexibility index (Phi) is 6.78. The van der Waals surface area contributed by atoms with E-state index in [4.69, 9.17) is 0 Å². The van der Waals surface area contributed by atoms with Gasteiger partial charge in [-0.1, -0.05) is 172 Å². The highest BCUT2D eigenvalue weighted by Crippen LogP contribution is 2.62. The summed E-state index contributed by atoms with van der Waals surface area (Å²) in [7, 11) is 0. The van der Waals surface area contributed by atoms with Gasteiger partial charge >= 0.3 is 0 Å². The predicted octanol–water partition coefficient (Wildman–Crippen LogP) is 10.2. The van der Waals surface area contributed by atoms with E-state index in [0.29, 0.717) is 0 Å². The Morgan fingerprint density at radius 1 is 0.469 bits per heavy atom. The molecule has 0 radical (unpaired) electrons. The lowest BCUT2D eigenvalue weighted by molar-refractivity contribution is 0.563. The average molecular weight is 628 g/mol. The van der Waals surface area contributed by atoms with Crippen molar-refractivity contribution >= 4 is 34.8 Å².